The largest absolute Gasteiger partial charge is 0.465 e. The van der Waals surface area contributed by atoms with Gasteiger partial charge in [0.05, 0.1) is 32.5 Å². The minimum atomic E-state index is -0.526. The zero-order chi connectivity index (χ0) is 21.4. The molecule has 0 saturated heterocycles. The minimum Gasteiger partial charge on any atom is -0.465 e. The molecule has 0 atom stereocenters. The summed E-state index contributed by atoms with van der Waals surface area (Å²) in [7, 11) is 4.82. The van der Waals surface area contributed by atoms with Crippen molar-refractivity contribution in [1.82, 2.24) is 0 Å². The number of carbonyl (C=O) groups is 3. The standard InChI is InChI=1S/C22H26N2O5/c1-16-9-8-12-18(22(27)28-4)21(16)23-19(25)13-24(2,3)14-20(26)29-15-17-10-6-5-7-11-17/h5-12H,13-15H2,1-4H3/p+1. The third-order valence-electron chi connectivity index (χ3n) is 4.31. The number of aryl methyl sites for hydroxylation is 1. The van der Waals surface area contributed by atoms with Gasteiger partial charge in [-0.05, 0) is 24.1 Å². The number of anilines is 1. The number of carbonyl (C=O) groups excluding carboxylic acids is 3. The molecular weight excluding hydrogens is 372 g/mol. The van der Waals surface area contributed by atoms with Crippen molar-refractivity contribution in [1.29, 1.82) is 0 Å². The number of rotatable bonds is 8. The normalized spacial score (nSPS) is 10.9. The second kappa shape index (κ2) is 9.84. The molecular formula is C22H27N2O5+. The van der Waals surface area contributed by atoms with Crippen molar-refractivity contribution in [3.05, 3.63) is 65.2 Å². The number of para-hydroxylation sites is 1. The molecule has 0 aliphatic heterocycles. The number of ether oxygens (including phenoxy) is 2. The van der Waals surface area contributed by atoms with Gasteiger partial charge in [0.25, 0.3) is 5.91 Å². The average molecular weight is 399 g/mol. The number of likely N-dealkylation sites (N-methyl/N-ethyl adjacent to an activating group) is 1. The summed E-state index contributed by atoms with van der Waals surface area (Å²) in [6.45, 7) is 2.06. The zero-order valence-electron chi connectivity index (χ0n) is 17.2. The van der Waals surface area contributed by atoms with Crippen molar-refractivity contribution in [3.8, 4) is 0 Å². The first-order chi connectivity index (χ1) is 13.7. The lowest BCUT2D eigenvalue weighted by Crippen LogP contribution is -2.49. The van der Waals surface area contributed by atoms with E-state index in [9.17, 15) is 14.4 Å². The molecule has 0 bridgehead atoms. The molecule has 0 aliphatic carbocycles. The van der Waals surface area contributed by atoms with E-state index in [-0.39, 0.29) is 35.7 Å². The van der Waals surface area contributed by atoms with Gasteiger partial charge in [0.1, 0.15) is 6.61 Å². The Bertz CT molecular complexity index is 878. The molecule has 1 N–H and O–H groups in total. The molecule has 0 aromatic heterocycles. The first-order valence-electron chi connectivity index (χ1n) is 9.21. The SMILES string of the molecule is COC(=O)c1cccc(C)c1NC(=O)C[N+](C)(C)CC(=O)OCc1ccccc1. The van der Waals surface area contributed by atoms with Crippen LogP contribution in [0.3, 0.4) is 0 Å². The van der Waals surface area contributed by atoms with Crippen LogP contribution in [0.4, 0.5) is 5.69 Å². The Kier molecular flexibility index (Phi) is 7.50. The van der Waals surface area contributed by atoms with E-state index in [0.717, 1.165) is 11.1 Å². The van der Waals surface area contributed by atoms with E-state index >= 15 is 0 Å². The van der Waals surface area contributed by atoms with Gasteiger partial charge in [-0.3, -0.25) is 4.79 Å². The van der Waals surface area contributed by atoms with Crippen LogP contribution in [0, 0.1) is 6.92 Å². The topological polar surface area (TPSA) is 81.7 Å². The van der Waals surface area contributed by atoms with E-state index in [1.54, 1.807) is 39.2 Å². The lowest BCUT2D eigenvalue weighted by atomic mass is 10.1. The monoisotopic (exact) mass is 399 g/mol. The van der Waals surface area contributed by atoms with E-state index in [4.69, 9.17) is 9.47 Å². The molecule has 29 heavy (non-hydrogen) atoms. The Morgan fingerprint density at radius 2 is 1.66 bits per heavy atom. The first kappa shape index (κ1) is 22.1. The number of hydrogen-bond donors (Lipinski definition) is 1. The molecule has 1 amide bonds. The maximum atomic E-state index is 12.6. The summed E-state index contributed by atoms with van der Waals surface area (Å²) in [5.41, 5.74) is 2.34. The van der Waals surface area contributed by atoms with Crippen LogP contribution in [0.2, 0.25) is 0 Å². The smallest absolute Gasteiger partial charge is 0.362 e. The van der Waals surface area contributed by atoms with E-state index < -0.39 is 11.9 Å². The Morgan fingerprint density at radius 3 is 2.31 bits per heavy atom. The molecule has 2 aromatic rings. The van der Waals surface area contributed by atoms with Crippen LogP contribution in [-0.2, 0) is 25.7 Å². The predicted molar refractivity (Wildman–Crippen MR) is 109 cm³/mol. The first-order valence-corrected chi connectivity index (χ1v) is 9.21. The molecule has 0 spiro atoms. The Morgan fingerprint density at radius 1 is 0.966 bits per heavy atom. The van der Waals surface area contributed by atoms with E-state index in [2.05, 4.69) is 5.32 Å². The van der Waals surface area contributed by atoms with Crippen molar-refractivity contribution in [2.45, 2.75) is 13.5 Å². The highest BCUT2D eigenvalue weighted by molar-refractivity contribution is 6.02. The lowest BCUT2D eigenvalue weighted by molar-refractivity contribution is -0.874. The van der Waals surface area contributed by atoms with E-state index in [0.29, 0.717) is 5.69 Å². The summed E-state index contributed by atoms with van der Waals surface area (Å²) in [5, 5.41) is 2.77. The third-order valence-corrected chi connectivity index (χ3v) is 4.31. The molecule has 154 valence electrons. The third kappa shape index (κ3) is 6.73. The quantitative estimate of drug-likeness (QED) is 0.545. The molecule has 2 aromatic carbocycles. The Balaban J connectivity index is 1.95. The van der Waals surface area contributed by atoms with Crippen molar-refractivity contribution in [2.75, 3.05) is 39.6 Å². The number of amides is 1. The van der Waals surface area contributed by atoms with Gasteiger partial charge in [-0.2, -0.15) is 0 Å². The van der Waals surface area contributed by atoms with Gasteiger partial charge in [-0.15, -0.1) is 0 Å². The van der Waals surface area contributed by atoms with Crippen LogP contribution < -0.4 is 5.32 Å². The lowest BCUT2D eigenvalue weighted by Gasteiger charge is -2.28. The fraction of sp³-hybridized carbons (Fsp3) is 0.318. The van der Waals surface area contributed by atoms with Crippen molar-refractivity contribution in [2.24, 2.45) is 0 Å². The summed E-state index contributed by atoms with van der Waals surface area (Å²) in [4.78, 5) is 36.7. The van der Waals surface area contributed by atoms with Crippen LogP contribution in [0.15, 0.2) is 48.5 Å². The van der Waals surface area contributed by atoms with Crippen LogP contribution in [0.25, 0.3) is 0 Å². The number of quaternary nitrogens is 1. The van der Waals surface area contributed by atoms with Crippen molar-refractivity contribution < 1.29 is 28.3 Å². The number of hydrogen-bond acceptors (Lipinski definition) is 5. The van der Waals surface area contributed by atoms with Gasteiger partial charge in [-0.1, -0.05) is 42.5 Å². The Labute approximate surface area is 170 Å². The van der Waals surface area contributed by atoms with Gasteiger partial charge in [0.2, 0.25) is 0 Å². The molecule has 0 fully saturated rings. The van der Waals surface area contributed by atoms with Crippen molar-refractivity contribution >= 4 is 23.5 Å². The summed E-state index contributed by atoms with van der Waals surface area (Å²) in [6.07, 6.45) is 0. The number of esters is 2. The van der Waals surface area contributed by atoms with Gasteiger partial charge < -0.3 is 19.3 Å². The second-order valence-corrected chi connectivity index (χ2v) is 7.44. The molecule has 0 unspecified atom stereocenters. The second-order valence-electron chi connectivity index (χ2n) is 7.44. The highest BCUT2D eigenvalue weighted by atomic mass is 16.5. The molecule has 0 heterocycles. The number of nitrogens with zero attached hydrogens (tertiary/aromatic N) is 1. The molecule has 0 saturated carbocycles. The van der Waals surface area contributed by atoms with Crippen LogP contribution >= 0.6 is 0 Å². The molecule has 7 heteroatoms. The van der Waals surface area contributed by atoms with Crippen LogP contribution in [0.1, 0.15) is 21.5 Å². The fourth-order valence-electron chi connectivity index (χ4n) is 2.87. The summed E-state index contributed by atoms with van der Waals surface area (Å²) >= 11 is 0. The van der Waals surface area contributed by atoms with Gasteiger partial charge in [0.15, 0.2) is 13.1 Å². The number of benzene rings is 2. The van der Waals surface area contributed by atoms with Gasteiger partial charge in [0, 0.05) is 0 Å². The molecule has 0 aliphatic rings. The highest BCUT2D eigenvalue weighted by Crippen LogP contribution is 2.21. The van der Waals surface area contributed by atoms with Crippen LogP contribution in [-0.4, -0.2) is 56.6 Å². The molecule has 0 radical (unpaired) electrons. The highest BCUT2D eigenvalue weighted by Gasteiger charge is 2.26. The summed E-state index contributed by atoms with van der Waals surface area (Å²) in [6, 6.07) is 14.5. The zero-order valence-corrected chi connectivity index (χ0v) is 17.2. The van der Waals surface area contributed by atoms with E-state index in [1.807, 2.05) is 30.3 Å². The van der Waals surface area contributed by atoms with Crippen molar-refractivity contribution in [3.63, 3.8) is 0 Å². The minimum absolute atomic E-state index is 0.0371. The van der Waals surface area contributed by atoms with E-state index in [1.165, 1.54) is 7.11 Å². The maximum absolute atomic E-state index is 12.6. The fourth-order valence-corrected chi connectivity index (χ4v) is 2.87. The van der Waals surface area contributed by atoms with Gasteiger partial charge >= 0.3 is 11.9 Å². The van der Waals surface area contributed by atoms with Crippen LogP contribution in [0.5, 0.6) is 0 Å². The Hall–Kier alpha value is -3.19. The molecule has 7 nitrogen and oxygen atoms in total. The number of nitrogens with one attached hydrogen (secondary N) is 1. The molecule has 2 rings (SSSR count). The number of methoxy groups -OCH3 is 1. The summed E-state index contributed by atoms with van der Waals surface area (Å²) in [5.74, 6) is -1.23. The average Bonchev–Trinajstić information content (AvgIpc) is 2.67. The maximum Gasteiger partial charge on any atom is 0.362 e. The predicted octanol–water partition coefficient (Wildman–Crippen LogP) is 2.54. The van der Waals surface area contributed by atoms with Gasteiger partial charge in [-0.25, -0.2) is 9.59 Å². The summed E-state index contributed by atoms with van der Waals surface area (Å²) < 4.78 is 10.2.